The molecule has 0 saturated carbocycles. The van der Waals surface area contributed by atoms with Crippen LogP contribution < -0.4 is 10.2 Å². The number of benzene rings is 1. The number of hydrogen-bond donors (Lipinski definition) is 1. The van der Waals surface area contributed by atoms with Crippen LogP contribution in [0.15, 0.2) is 22.7 Å². The van der Waals surface area contributed by atoms with E-state index < -0.39 is 0 Å². The lowest BCUT2D eigenvalue weighted by atomic mass is 10.1. The molecule has 1 atom stereocenters. The lowest BCUT2D eigenvalue weighted by Crippen LogP contribution is -2.31. The highest BCUT2D eigenvalue weighted by atomic mass is 79.9. The summed E-state index contributed by atoms with van der Waals surface area (Å²) >= 11 is 5.51. The van der Waals surface area contributed by atoms with Crippen molar-refractivity contribution in [1.82, 2.24) is 5.32 Å². The average Bonchev–Trinajstić information content (AvgIpc) is 2.42. The molecule has 1 rings (SSSR count). The van der Waals surface area contributed by atoms with Crippen molar-refractivity contribution in [2.45, 2.75) is 45.8 Å². The van der Waals surface area contributed by atoms with E-state index in [1.165, 1.54) is 23.4 Å². The first-order valence-electron chi connectivity index (χ1n) is 7.19. The molecule has 0 spiro atoms. The molecule has 0 aliphatic carbocycles. The van der Waals surface area contributed by atoms with Crippen LogP contribution in [0.4, 0.5) is 5.69 Å². The van der Waals surface area contributed by atoms with Crippen LogP contribution in [0.5, 0.6) is 0 Å². The summed E-state index contributed by atoms with van der Waals surface area (Å²) < 4.78 is 1.14. The Kier molecular flexibility index (Phi) is 8.00. The lowest BCUT2D eigenvalue weighted by Gasteiger charge is -2.29. The number of nitrogens with zero attached hydrogens (tertiary/aromatic N) is 1. The summed E-state index contributed by atoms with van der Waals surface area (Å²) in [6.07, 6.45) is 3.38. The van der Waals surface area contributed by atoms with Crippen LogP contribution >= 0.6 is 27.7 Å². The van der Waals surface area contributed by atoms with Crippen LogP contribution in [0.1, 0.15) is 32.8 Å². The predicted molar refractivity (Wildman–Crippen MR) is 97.0 cm³/mol. The van der Waals surface area contributed by atoms with E-state index >= 15 is 0 Å². The van der Waals surface area contributed by atoms with Crippen molar-refractivity contribution in [3.05, 3.63) is 28.2 Å². The minimum Gasteiger partial charge on any atom is -0.372 e. The largest absolute Gasteiger partial charge is 0.372 e. The van der Waals surface area contributed by atoms with Crippen LogP contribution in [-0.2, 0) is 6.54 Å². The van der Waals surface area contributed by atoms with Gasteiger partial charge in [-0.25, -0.2) is 0 Å². The molecule has 0 aromatic heterocycles. The molecule has 0 radical (unpaired) electrons. The molecule has 0 aliphatic rings. The first kappa shape index (κ1) is 17.9. The highest BCUT2D eigenvalue weighted by molar-refractivity contribution is 9.10. The molecular formula is C16H27BrN2S. The predicted octanol–water partition coefficient (Wildman–Crippen LogP) is 4.52. The van der Waals surface area contributed by atoms with Crippen molar-refractivity contribution in [1.29, 1.82) is 0 Å². The van der Waals surface area contributed by atoms with Gasteiger partial charge in [0.1, 0.15) is 0 Å². The van der Waals surface area contributed by atoms with E-state index in [2.05, 4.69) is 78.4 Å². The molecule has 0 fully saturated rings. The van der Waals surface area contributed by atoms with Gasteiger partial charge in [0.05, 0.1) is 0 Å². The highest BCUT2D eigenvalue weighted by Gasteiger charge is 2.14. The zero-order valence-corrected chi connectivity index (χ0v) is 15.6. The number of hydrogen-bond acceptors (Lipinski definition) is 3. The van der Waals surface area contributed by atoms with Crippen molar-refractivity contribution in [3.8, 4) is 0 Å². The number of thioether (sulfide) groups is 1. The Morgan fingerprint density at radius 1 is 1.30 bits per heavy atom. The van der Waals surface area contributed by atoms with E-state index in [0.717, 1.165) is 11.0 Å². The third-order valence-corrected chi connectivity index (χ3v) is 4.67. The number of halogens is 1. The Morgan fingerprint density at radius 2 is 2.00 bits per heavy atom. The maximum absolute atomic E-state index is 3.60. The number of anilines is 1. The maximum atomic E-state index is 3.60. The molecule has 20 heavy (non-hydrogen) atoms. The molecular weight excluding hydrogens is 332 g/mol. The van der Waals surface area contributed by atoms with Gasteiger partial charge in [0.2, 0.25) is 0 Å². The Bertz CT molecular complexity index is 409. The monoisotopic (exact) mass is 358 g/mol. The molecule has 0 saturated heterocycles. The topological polar surface area (TPSA) is 15.3 Å². The molecule has 1 unspecified atom stereocenters. The summed E-state index contributed by atoms with van der Waals surface area (Å²) in [4.78, 5) is 2.40. The van der Waals surface area contributed by atoms with Gasteiger partial charge in [-0.05, 0) is 43.0 Å². The molecule has 1 aromatic rings. The second-order valence-electron chi connectivity index (χ2n) is 5.55. The van der Waals surface area contributed by atoms with E-state index in [4.69, 9.17) is 0 Å². The molecule has 1 N–H and O–H groups in total. The highest BCUT2D eigenvalue weighted by Crippen LogP contribution is 2.27. The van der Waals surface area contributed by atoms with Gasteiger partial charge < -0.3 is 10.2 Å². The van der Waals surface area contributed by atoms with Gasteiger partial charge in [-0.2, -0.15) is 11.8 Å². The third kappa shape index (κ3) is 5.66. The molecule has 2 nitrogen and oxygen atoms in total. The van der Waals surface area contributed by atoms with E-state index in [-0.39, 0.29) is 0 Å². The molecule has 0 heterocycles. The Labute approximate surface area is 136 Å². The normalized spacial score (nSPS) is 12.8. The van der Waals surface area contributed by atoms with Crippen molar-refractivity contribution >= 4 is 33.4 Å². The van der Waals surface area contributed by atoms with Gasteiger partial charge in [-0.1, -0.05) is 35.8 Å². The minimum absolute atomic E-state index is 0.505. The van der Waals surface area contributed by atoms with E-state index in [1.807, 2.05) is 11.8 Å². The molecule has 0 amide bonds. The molecule has 0 bridgehead atoms. The van der Waals surface area contributed by atoms with Crippen LogP contribution in [0.2, 0.25) is 0 Å². The van der Waals surface area contributed by atoms with Gasteiger partial charge in [-0.15, -0.1) is 0 Å². The van der Waals surface area contributed by atoms with Crippen LogP contribution in [0.25, 0.3) is 0 Å². The molecule has 1 aromatic carbocycles. The van der Waals surface area contributed by atoms with Crippen LogP contribution in [-0.4, -0.2) is 31.1 Å². The second-order valence-corrected chi connectivity index (χ2v) is 7.45. The van der Waals surface area contributed by atoms with Crippen molar-refractivity contribution in [2.24, 2.45) is 0 Å². The minimum atomic E-state index is 0.505. The Balaban J connectivity index is 2.86. The second kappa shape index (κ2) is 8.96. The molecule has 0 aliphatic heterocycles. The number of rotatable bonds is 8. The fourth-order valence-electron chi connectivity index (χ4n) is 2.05. The van der Waals surface area contributed by atoms with Gasteiger partial charge in [0, 0.05) is 35.8 Å². The fraction of sp³-hybridized carbons (Fsp3) is 0.625. The first-order chi connectivity index (χ1) is 9.45. The summed E-state index contributed by atoms with van der Waals surface area (Å²) in [6, 6.07) is 7.63. The van der Waals surface area contributed by atoms with Crippen molar-refractivity contribution in [2.75, 3.05) is 24.0 Å². The van der Waals surface area contributed by atoms with Gasteiger partial charge in [-0.3, -0.25) is 0 Å². The SMILES string of the molecule is CSCCC(C)N(C)c1cc(Br)ccc1CNC(C)C. The zero-order valence-electron chi connectivity index (χ0n) is 13.2. The first-order valence-corrected chi connectivity index (χ1v) is 9.38. The molecule has 4 heteroatoms. The lowest BCUT2D eigenvalue weighted by molar-refractivity contribution is 0.585. The standard InChI is InChI=1S/C16H27BrN2S/c1-12(2)18-11-14-6-7-15(17)10-16(14)19(4)13(3)8-9-20-5/h6-7,10,12-13,18H,8-9,11H2,1-5H3. The average molecular weight is 359 g/mol. The van der Waals surface area contributed by atoms with Gasteiger partial charge >= 0.3 is 0 Å². The van der Waals surface area contributed by atoms with E-state index in [1.54, 1.807) is 0 Å². The zero-order chi connectivity index (χ0) is 15.1. The van der Waals surface area contributed by atoms with Gasteiger partial charge in [0.15, 0.2) is 0 Å². The maximum Gasteiger partial charge on any atom is 0.0422 e. The number of nitrogens with one attached hydrogen (secondary N) is 1. The Morgan fingerprint density at radius 3 is 2.60 bits per heavy atom. The Hall–Kier alpha value is -0.190. The summed E-state index contributed by atoms with van der Waals surface area (Å²) in [5.41, 5.74) is 2.68. The van der Waals surface area contributed by atoms with Crippen molar-refractivity contribution < 1.29 is 0 Å². The van der Waals surface area contributed by atoms with Crippen LogP contribution in [0.3, 0.4) is 0 Å². The smallest absolute Gasteiger partial charge is 0.0422 e. The summed E-state index contributed by atoms with van der Waals surface area (Å²) in [5.74, 6) is 1.21. The fourth-order valence-corrected chi connectivity index (χ4v) is 2.97. The quantitative estimate of drug-likeness (QED) is 0.734. The summed E-state index contributed by atoms with van der Waals surface area (Å²) in [6.45, 7) is 7.59. The summed E-state index contributed by atoms with van der Waals surface area (Å²) in [7, 11) is 2.20. The molecule has 114 valence electrons. The van der Waals surface area contributed by atoms with Crippen LogP contribution in [0, 0.1) is 0 Å². The third-order valence-electron chi connectivity index (χ3n) is 3.53. The van der Waals surface area contributed by atoms with Gasteiger partial charge in [0.25, 0.3) is 0 Å². The van der Waals surface area contributed by atoms with Crippen molar-refractivity contribution in [3.63, 3.8) is 0 Å². The van der Waals surface area contributed by atoms with E-state index in [9.17, 15) is 0 Å². The summed E-state index contributed by atoms with van der Waals surface area (Å²) in [5, 5.41) is 3.51. The van der Waals surface area contributed by atoms with E-state index in [0.29, 0.717) is 12.1 Å².